The molecule has 0 amide bonds. The number of nitrogens with two attached hydrogens (primary N) is 1. The lowest BCUT2D eigenvalue weighted by atomic mass is 10.3. The molecule has 1 aromatic heterocycles. The molecule has 0 radical (unpaired) electrons. The van der Waals surface area contributed by atoms with E-state index >= 15 is 0 Å². The minimum absolute atomic E-state index is 0.501. The lowest BCUT2D eigenvalue weighted by molar-refractivity contribution is 1.33. The van der Waals surface area contributed by atoms with Gasteiger partial charge in [-0.2, -0.15) is 0 Å². The van der Waals surface area contributed by atoms with Crippen LogP contribution in [0.2, 0.25) is 5.02 Å². The van der Waals surface area contributed by atoms with Crippen LogP contribution in [0.5, 0.6) is 0 Å². The van der Waals surface area contributed by atoms with Gasteiger partial charge < -0.3 is 11.1 Å². The Balaban J connectivity index is 2.23. The maximum atomic E-state index is 5.85. The summed E-state index contributed by atoms with van der Waals surface area (Å²) in [5, 5.41) is 3.89. The van der Waals surface area contributed by atoms with E-state index in [1.54, 1.807) is 12.3 Å². The van der Waals surface area contributed by atoms with Gasteiger partial charge in [-0.1, -0.05) is 11.6 Å². The number of hydrogen-bond acceptors (Lipinski definition) is 3. The highest BCUT2D eigenvalue weighted by Crippen LogP contribution is 2.28. The molecule has 0 atom stereocenters. The quantitative estimate of drug-likeness (QED) is 0.886. The molecule has 0 saturated carbocycles. The first-order valence-corrected chi connectivity index (χ1v) is 5.76. The highest BCUT2D eigenvalue weighted by Gasteiger charge is 2.01. The first kappa shape index (κ1) is 11.2. The highest BCUT2D eigenvalue weighted by molar-refractivity contribution is 9.10. The average Bonchev–Trinajstić information content (AvgIpc) is 2.25. The van der Waals surface area contributed by atoms with Crippen LogP contribution >= 0.6 is 27.5 Å². The fraction of sp³-hybridized carbons (Fsp3) is 0. The SMILES string of the molecule is Nc1ccc(Nc2ccc(Cl)cc2Br)cn1. The molecule has 0 bridgehead atoms. The number of pyridine rings is 1. The van der Waals surface area contributed by atoms with Crippen molar-refractivity contribution in [3.05, 3.63) is 46.0 Å². The molecule has 3 N–H and O–H groups in total. The van der Waals surface area contributed by atoms with Gasteiger partial charge in [0.2, 0.25) is 0 Å². The molecule has 5 heteroatoms. The van der Waals surface area contributed by atoms with Gasteiger partial charge in [-0.25, -0.2) is 4.98 Å². The van der Waals surface area contributed by atoms with E-state index in [1.807, 2.05) is 24.3 Å². The Morgan fingerprint density at radius 3 is 2.69 bits per heavy atom. The van der Waals surface area contributed by atoms with Gasteiger partial charge in [-0.3, -0.25) is 0 Å². The lowest BCUT2D eigenvalue weighted by Gasteiger charge is -2.08. The number of hydrogen-bond donors (Lipinski definition) is 2. The first-order chi connectivity index (χ1) is 7.65. The first-order valence-electron chi connectivity index (χ1n) is 4.59. The molecular formula is C11H9BrClN3. The van der Waals surface area contributed by atoms with E-state index in [2.05, 4.69) is 26.2 Å². The Morgan fingerprint density at radius 1 is 1.25 bits per heavy atom. The van der Waals surface area contributed by atoms with Crippen LogP contribution in [0.1, 0.15) is 0 Å². The molecule has 0 saturated heterocycles. The summed E-state index contributed by atoms with van der Waals surface area (Å²) in [6, 6.07) is 9.15. The van der Waals surface area contributed by atoms with Gasteiger partial charge in [-0.15, -0.1) is 0 Å². The zero-order valence-electron chi connectivity index (χ0n) is 8.24. The Hall–Kier alpha value is -1.26. The summed E-state index contributed by atoms with van der Waals surface area (Å²) in [6.45, 7) is 0. The molecule has 0 aliphatic heterocycles. The van der Waals surface area contributed by atoms with Crippen molar-refractivity contribution in [2.24, 2.45) is 0 Å². The van der Waals surface area contributed by atoms with Crippen molar-refractivity contribution in [3.63, 3.8) is 0 Å². The maximum Gasteiger partial charge on any atom is 0.123 e. The van der Waals surface area contributed by atoms with Crippen molar-refractivity contribution in [2.45, 2.75) is 0 Å². The van der Waals surface area contributed by atoms with Crippen LogP contribution in [0, 0.1) is 0 Å². The smallest absolute Gasteiger partial charge is 0.123 e. The molecule has 0 fully saturated rings. The monoisotopic (exact) mass is 297 g/mol. The number of nitrogens with zero attached hydrogens (tertiary/aromatic N) is 1. The van der Waals surface area contributed by atoms with E-state index in [0.29, 0.717) is 10.8 Å². The summed E-state index contributed by atoms with van der Waals surface area (Å²) in [5.41, 5.74) is 7.30. The van der Waals surface area contributed by atoms with Crippen LogP contribution in [0.15, 0.2) is 41.0 Å². The third-order valence-corrected chi connectivity index (χ3v) is 2.89. The molecule has 2 aromatic rings. The number of halogens is 2. The Bertz CT molecular complexity index is 499. The predicted molar refractivity (Wildman–Crippen MR) is 71.1 cm³/mol. The van der Waals surface area contributed by atoms with E-state index in [9.17, 15) is 0 Å². The van der Waals surface area contributed by atoms with E-state index < -0.39 is 0 Å². The second-order valence-electron chi connectivity index (χ2n) is 3.22. The van der Waals surface area contributed by atoms with Crippen LogP contribution in [-0.4, -0.2) is 4.98 Å². The molecule has 16 heavy (non-hydrogen) atoms. The van der Waals surface area contributed by atoms with E-state index in [0.717, 1.165) is 15.8 Å². The lowest BCUT2D eigenvalue weighted by Crippen LogP contribution is -1.94. The Morgan fingerprint density at radius 2 is 2.06 bits per heavy atom. The van der Waals surface area contributed by atoms with Crippen molar-refractivity contribution >= 4 is 44.7 Å². The number of nitrogens with one attached hydrogen (secondary N) is 1. The zero-order valence-corrected chi connectivity index (χ0v) is 10.6. The summed E-state index contributed by atoms with van der Waals surface area (Å²) in [7, 11) is 0. The van der Waals surface area contributed by atoms with Gasteiger partial charge >= 0.3 is 0 Å². The van der Waals surface area contributed by atoms with Crippen molar-refractivity contribution in [2.75, 3.05) is 11.1 Å². The molecular weight excluding hydrogens is 289 g/mol. The van der Waals surface area contributed by atoms with Gasteiger partial charge in [0.15, 0.2) is 0 Å². The van der Waals surface area contributed by atoms with E-state index in [1.165, 1.54) is 0 Å². The molecule has 0 aliphatic rings. The minimum Gasteiger partial charge on any atom is -0.384 e. The van der Waals surface area contributed by atoms with Crippen molar-refractivity contribution in [3.8, 4) is 0 Å². The van der Waals surface area contributed by atoms with Gasteiger partial charge in [-0.05, 0) is 46.3 Å². The van der Waals surface area contributed by atoms with Gasteiger partial charge in [0.05, 0.1) is 17.6 Å². The van der Waals surface area contributed by atoms with Crippen LogP contribution < -0.4 is 11.1 Å². The zero-order chi connectivity index (χ0) is 11.5. The second-order valence-corrected chi connectivity index (χ2v) is 4.51. The number of nitrogen functional groups attached to an aromatic ring is 1. The van der Waals surface area contributed by atoms with Gasteiger partial charge in [0, 0.05) is 9.50 Å². The molecule has 0 unspecified atom stereocenters. The normalized spacial score (nSPS) is 10.1. The summed E-state index contributed by atoms with van der Waals surface area (Å²) in [5.74, 6) is 0.501. The number of rotatable bonds is 2. The van der Waals surface area contributed by atoms with Crippen LogP contribution in [0.3, 0.4) is 0 Å². The van der Waals surface area contributed by atoms with Crippen molar-refractivity contribution in [1.82, 2.24) is 4.98 Å². The average molecular weight is 299 g/mol. The van der Waals surface area contributed by atoms with Crippen LogP contribution in [-0.2, 0) is 0 Å². The van der Waals surface area contributed by atoms with Crippen molar-refractivity contribution < 1.29 is 0 Å². The molecule has 3 nitrogen and oxygen atoms in total. The van der Waals surface area contributed by atoms with Crippen molar-refractivity contribution in [1.29, 1.82) is 0 Å². The number of benzene rings is 1. The van der Waals surface area contributed by atoms with Crippen LogP contribution in [0.4, 0.5) is 17.2 Å². The van der Waals surface area contributed by atoms with E-state index in [-0.39, 0.29) is 0 Å². The van der Waals surface area contributed by atoms with Crippen LogP contribution in [0.25, 0.3) is 0 Å². The third-order valence-electron chi connectivity index (χ3n) is 2.00. The molecule has 2 rings (SSSR count). The summed E-state index contributed by atoms with van der Waals surface area (Å²) in [6.07, 6.45) is 1.68. The maximum absolute atomic E-state index is 5.85. The third kappa shape index (κ3) is 2.65. The second kappa shape index (κ2) is 4.72. The minimum atomic E-state index is 0.501. The fourth-order valence-electron chi connectivity index (χ4n) is 1.23. The molecule has 82 valence electrons. The Kier molecular flexibility index (Phi) is 3.31. The summed E-state index contributed by atoms with van der Waals surface area (Å²) < 4.78 is 0.900. The summed E-state index contributed by atoms with van der Waals surface area (Å²) >= 11 is 9.28. The molecule has 1 heterocycles. The predicted octanol–water partition coefficient (Wildman–Crippen LogP) is 3.82. The highest BCUT2D eigenvalue weighted by atomic mass is 79.9. The topological polar surface area (TPSA) is 50.9 Å². The van der Waals surface area contributed by atoms with Gasteiger partial charge in [0.25, 0.3) is 0 Å². The summed E-state index contributed by atoms with van der Waals surface area (Å²) in [4.78, 5) is 4.00. The van der Waals surface area contributed by atoms with E-state index in [4.69, 9.17) is 17.3 Å². The largest absolute Gasteiger partial charge is 0.384 e. The Labute approximate surface area is 107 Å². The number of anilines is 3. The fourth-order valence-corrected chi connectivity index (χ4v) is 2.01. The molecule has 1 aromatic carbocycles. The molecule has 0 aliphatic carbocycles. The molecule has 0 spiro atoms. The van der Waals surface area contributed by atoms with Gasteiger partial charge in [0.1, 0.15) is 5.82 Å². The standard InChI is InChI=1S/C11H9BrClN3/c12-9-5-7(13)1-3-10(9)16-8-2-4-11(14)15-6-8/h1-6,16H,(H2,14,15). The number of aromatic nitrogens is 1.